The summed E-state index contributed by atoms with van der Waals surface area (Å²) < 4.78 is 0. The molecule has 2 nitrogen and oxygen atoms in total. The first-order valence-corrected chi connectivity index (χ1v) is 18.9. The van der Waals surface area contributed by atoms with Crippen LogP contribution in [0.1, 0.15) is 22.3 Å². The maximum absolute atomic E-state index is 4.37. The molecule has 7 aromatic carbocycles. The Morgan fingerprint density at radius 1 is 0.392 bits per heavy atom. The largest absolute Gasteiger partial charge is 0.252 e. The lowest BCUT2D eigenvalue weighted by Gasteiger charge is -2.34. The van der Waals surface area contributed by atoms with E-state index in [4.69, 9.17) is 0 Å². The van der Waals surface area contributed by atoms with E-state index >= 15 is 0 Å². The Hall–Kier alpha value is -5.94. The fourth-order valence-electron chi connectivity index (χ4n) is 8.17. The third-order valence-electron chi connectivity index (χ3n) is 10.4. The second-order valence-electron chi connectivity index (χ2n) is 13.0. The fraction of sp³-hybridized carbons (Fsp3) is 0.0213. The third kappa shape index (κ3) is 4.75. The van der Waals surface area contributed by atoms with E-state index in [0.717, 1.165) is 0 Å². The molecule has 2 heterocycles. The molecule has 0 amide bonds. The van der Waals surface area contributed by atoms with Crippen LogP contribution in [0.4, 0.5) is 0 Å². The Morgan fingerprint density at radius 2 is 0.941 bits per heavy atom. The van der Waals surface area contributed by atoms with Crippen molar-refractivity contribution in [2.45, 2.75) is 5.41 Å². The fourth-order valence-corrected chi connectivity index (χ4v) is 9.41. The zero-order valence-corrected chi connectivity index (χ0v) is 29.2. The van der Waals surface area contributed by atoms with Gasteiger partial charge in [-0.15, -0.1) is 22.7 Å². The molecule has 0 saturated carbocycles. The first-order chi connectivity index (χ1) is 25.3. The van der Waals surface area contributed by atoms with Crippen LogP contribution in [0.5, 0.6) is 0 Å². The monoisotopic (exact) mass is 686 g/mol. The van der Waals surface area contributed by atoms with Gasteiger partial charge in [-0.3, -0.25) is 9.97 Å². The average molecular weight is 687 g/mol. The minimum absolute atomic E-state index is 0.549. The second kappa shape index (κ2) is 12.1. The van der Waals surface area contributed by atoms with Gasteiger partial charge in [0.2, 0.25) is 0 Å². The Balaban J connectivity index is 1.29. The van der Waals surface area contributed by atoms with E-state index < -0.39 is 5.41 Å². The summed E-state index contributed by atoms with van der Waals surface area (Å²) in [5, 5.41) is 2.52. The van der Waals surface area contributed by atoms with Crippen molar-refractivity contribution in [2.75, 3.05) is 0 Å². The highest BCUT2D eigenvalue weighted by Crippen LogP contribution is 2.59. The van der Waals surface area contributed by atoms with Gasteiger partial charge in [0, 0.05) is 12.4 Å². The molecule has 0 saturated heterocycles. The summed E-state index contributed by atoms with van der Waals surface area (Å²) in [4.78, 5) is 11.1. The second-order valence-corrected chi connectivity index (χ2v) is 14.8. The number of thiazole rings is 2. The SMILES string of the molecule is c1ccc(C2(c3ccccc3)c3cc(-c4cccc(-c5cncs5)c4)ccc3-c3c2cc(-c2cccc(-c4cncs4)c2)c2ccccc32)cc1. The van der Waals surface area contributed by atoms with Crippen LogP contribution in [-0.4, -0.2) is 9.97 Å². The molecular formula is C47H30N2S2. The number of nitrogens with zero attached hydrogens (tertiary/aromatic N) is 2. The van der Waals surface area contributed by atoms with Crippen LogP contribution in [0.25, 0.3) is 65.0 Å². The summed E-state index contributed by atoms with van der Waals surface area (Å²) in [6, 6.07) is 58.6. The first kappa shape index (κ1) is 29.9. The Bertz CT molecular complexity index is 2640. The van der Waals surface area contributed by atoms with Crippen LogP contribution < -0.4 is 0 Å². The van der Waals surface area contributed by atoms with Crippen molar-refractivity contribution >= 4 is 33.4 Å². The molecule has 0 fully saturated rings. The van der Waals surface area contributed by atoms with Gasteiger partial charge in [0.15, 0.2) is 0 Å². The summed E-state index contributed by atoms with van der Waals surface area (Å²) in [5.41, 5.74) is 18.2. The van der Waals surface area contributed by atoms with Crippen molar-refractivity contribution in [1.82, 2.24) is 9.97 Å². The van der Waals surface area contributed by atoms with Gasteiger partial charge in [-0.2, -0.15) is 0 Å². The van der Waals surface area contributed by atoms with Crippen molar-refractivity contribution < 1.29 is 0 Å². The molecule has 0 N–H and O–H groups in total. The summed E-state index contributed by atoms with van der Waals surface area (Å²) in [6.07, 6.45) is 3.91. The molecule has 0 bridgehead atoms. The molecule has 0 radical (unpaired) electrons. The summed E-state index contributed by atoms with van der Waals surface area (Å²) >= 11 is 3.35. The van der Waals surface area contributed by atoms with Crippen molar-refractivity contribution in [3.05, 3.63) is 203 Å². The summed E-state index contributed by atoms with van der Waals surface area (Å²) in [7, 11) is 0. The quantitative estimate of drug-likeness (QED) is 0.174. The van der Waals surface area contributed by atoms with E-state index in [-0.39, 0.29) is 0 Å². The highest BCUT2D eigenvalue weighted by atomic mass is 32.1. The third-order valence-corrected chi connectivity index (χ3v) is 12.0. The van der Waals surface area contributed by atoms with Crippen molar-refractivity contribution in [1.29, 1.82) is 0 Å². The maximum atomic E-state index is 4.37. The average Bonchev–Trinajstić information content (AvgIpc) is 4.00. The molecule has 9 aromatic rings. The molecule has 51 heavy (non-hydrogen) atoms. The number of rotatable bonds is 6. The van der Waals surface area contributed by atoms with Crippen molar-refractivity contribution in [3.8, 4) is 54.3 Å². The number of fused-ring (bicyclic) bond motifs is 5. The molecule has 1 aliphatic rings. The highest BCUT2D eigenvalue weighted by Gasteiger charge is 2.47. The molecule has 10 rings (SSSR count). The van der Waals surface area contributed by atoms with Crippen LogP contribution in [-0.2, 0) is 5.41 Å². The number of hydrogen-bond donors (Lipinski definition) is 0. The van der Waals surface area contributed by atoms with Crippen molar-refractivity contribution in [2.24, 2.45) is 0 Å². The van der Waals surface area contributed by atoms with Gasteiger partial charge in [-0.25, -0.2) is 0 Å². The van der Waals surface area contributed by atoms with E-state index in [9.17, 15) is 0 Å². The zero-order valence-electron chi connectivity index (χ0n) is 27.5. The van der Waals surface area contributed by atoms with E-state index in [1.165, 1.54) is 87.3 Å². The normalized spacial score (nSPS) is 12.9. The molecule has 1 aliphatic carbocycles. The van der Waals surface area contributed by atoms with Gasteiger partial charge in [-0.1, -0.05) is 133 Å². The predicted octanol–water partition coefficient (Wildman–Crippen LogP) is 12.8. The lowest BCUT2D eigenvalue weighted by molar-refractivity contribution is 0.769. The van der Waals surface area contributed by atoms with Gasteiger partial charge in [-0.05, 0) is 102 Å². The van der Waals surface area contributed by atoms with E-state index in [1.807, 2.05) is 23.4 Å². The topological polar surface area (TPSA) is 25.8 Å². The zero-order chi connectivity index (χ0) is 33.8. The van der Waals surface area contributed by atoms with Crippen LogP contribution in [0.3, 0.4) is 0 Å². The van der Waals surface area contributed by atoms with Crippen LogP contribution in [0.2, 0.25) is 0 Å². The van der Waals surface area contributed by atoms with Gasteiger partial charge < -0.3 is 0 Å². The van der Waals surface area contributed by atoms with Gasteiger partial charge in [0.25, 0.3) is 0 Å². The van der Waals surface area contributed by atoms with E-state index in [0.29, 0.717) is 0 Å². The minimum atomic E-state index is -0.549. The van der Waals surface area contributed by atoms with Gasteiger partial charge in [0.05, 0.1) is 26.2 Å². The van der Waals surface area contributed by atoms with Crippen LogP contribution >= 0.6 is 22.7 Å². The van der Waals surface area contributed by atoms with Crippen molar-refractivity contribution in [3.63, 3.8) is 0 Å². The lowest BCUT2D eigenvalue weighted by atomic mass is 9.67. The number of benzene rings is 7. The Labute approximate surface area is 305 Å². The highest BCUT2D eigenvalue weighted by molar-refractivity contribution is 7.13. The Morgan fingerprint density at radius 3 is 1.57 bits per heavy atom. The Kier molecular flexibility index (Phi) is 7.12. The summed E-state index contributed by atoms with van der Waals surface area (Å²) in [5.74, 6) is 0. The van der Waals surface area contributed by atoms with E-state index in [1.54, 1.807) is 22.7 Å². The number of aromatic nitrogens is 2. The molecule has 2 aromatic heterocycles. The predicted molar refractivity (Wildman–Crippen MR) is 214 cm³/mol. The first-order valence-electron chi connectivity index (χ1n) is 17.1. The molecule has 0 spiro atoms. The van der Waals surface area contributed by atoms with Gasteiger partial charge >= 0.3 is 0 Å². The molecule has 4 heteroatoms. The molecule has 0 atom stereocenters. The minimum Gasteiger partial charge on any atom is -0.252 e. The number of hydrogen-bond acceptors (Lipinski definition) is 4. The van der Waals surface area contributed by atoms with Crippen LogP contribution in [0, 0.1) is 0 Å². The summed E-state index contributed by atoms with van der Waals surface area (Å²) in [6.45, 7) is 0. The molecule has 0 unspecified atom stereocenters. The lowest BCUT2D eigenvalue weighted by Crippen LogP contribution is -2.28. The van der Waals surface area contributed by atoms with Gasteiger partial charge in [0.1, 0.15) is 0 Å². The molecular weight excluding hydrogens is 657 g/mol. The smallest absolute Gasteiger partial charge is 0.0797 e. The van der Waals surface area contributed by atoms with Crippen LogP contribution in [0.15, 0.2) is 181 Å². The molecule has 240 valence electrons. The maximum Gasteiger partial charge on any atom is 0.0797 e. The standard InChI is InChI=1S/C47H30N2S2/c1-3-15-36(16-4-1)47(37-17-5-2-6-18-37)42-25-32(31-11-9-13-34(23-31)44-27-48-29-50-44)21-22-40(42)46-39-20-8-7-19-38(39)41(26-43(46)47)33-12-10-14-35(24-33)45-28-49-30-51-45/h1-30H. The molecule has 0 aliphatic heterocycles. The van der Waals surface area contributed by atoms with E-state index in [2.05, 4.69) is 168 Å².